The number of pyridine rings is 1. The monoisotopic (exact) mass is 506 g/mol. The zero-order chi connectivity index (χ0) is 25.5. The molecule has 0 spiro atoms. The number of likely N-dealkylation sites (N-methyl/N-ethyl adjacent to an activating group) is 1. The summed E-state index contributed by atoms with van der Waals surface area (Å²) in [5.41, 5.74) is 9.81. The first kappa shape index (κ1) is 25.4. The summed E-state index contributed by atoms with van der Waals surface area (Å²) in [5.74, 6) is 0.0735. The molecule has 0 amide bonds. The Morgan fingerprint density at radius 2 is 1.81 bits per heavy atom. The maximum absolute atomic E-state index is 6.80. The van der Waals surface area contributed by atoms with Crippen molar-refractivity contribution in [2.45, 2.75) is 18.8 Å². The van der Waals surface area contributed by atoms with Gasteiger partial charge in [-0.3, -0.25) is 10.7 Å². The van der Waals surface area contributed by atoms with Gasteiger partial charge in [-0.05, 0) is 43.4 Å². The molecule has 11 heteroatoms. The molecule has 1 aromatic carbocycles. The van der Waals surface area contributed by atoms with E-state index >= 15 is 0 Å². The summed E-state index contributed by atoms with van der Waals surface area (Å²) in [6.45, 7) is 8.94. The van der Waals surface area contributed by atoms with Crippen molar-refractivity contribution in [1.82, 2.24) is 25.4 Å². The lowest BCUT2D eigenvalue weighted by Gasteiger charge is -2.36. The summed E-state index contributed by atoms with van der Waals surface area (Å²) in [4.78, 5) is 21.0. The number of hydrogen-bond donors (Lipinski definition) is 4. The number of aromatic nitrogens is 1. The van der Waals surface area contributed by atoms with Crippen LogP contribution in [0.1, 0.15) is 12.1 Å². The number of aliphatic imine (C=N–C) groups is 2. The van der Waals surface area contributed by atoms with Gasteiger partial charge in [0.1, 0.15) is 0 Å². The number of nitrogens with two attached hydrogens (primary N) is 1. The van der Waals surface area contributed by atoms with Gasteiger partial charge in [-0.15, -0.1) is 0 Å². The Kier molecular flexibility index (Phi) is 8.15. The molecular formula is C26H38N10O. The number of nitrogens with one attached hydrogen (secondary N) is 3. The van der Waals surface area contributed by atoms with Crippen LogP contribution < -0.4 is 26.6 Å². The van der Waals surface area contributed by atoms with Gasteiger partial charge in [-0.25, -0.2) is 4.99 Å². The van der Waals surface area contributed by atoms with E-state index in [2.05, 4.69) is 59.8 Å². The van der Waals surface area contributed by atoms with Gasteiger partial charge in [0, 0.05) is 69.8 Å². The zero-order valence-electron chi connectivity index (χ0n) is 21.6. The second-order valence-electron chi connectivity index (χ2n) is 9.79. The van der Waals surface area contributed by atoms with Crippen molar-refractivity contribution in [2.75, 3.05) is 76.3 Å². The van der Waals surface area contributed by atoms with Crippen LogP contribution in [-0.2, 0) is 11.3 Å². The van der Waals surface area contributed by atoms with E-state index in [1.807, 2.05) is 30.3 Å². The maximum atomic E-state index is 6.80. The van der Waals surface area contributed by atoms with Gasteiger partial charge in [0.2, 0.25) is 11.9 Å². The normalized spacial score (nSPS) is 23.1. The third-order valence-corrected chi connectivity index (χ3v) is 6.93. The van der Waals surface area contributed by atoms with Gasteiger partial charge >= 0.3 is 0 Å². The van der Waals surface area contributed by atoms with E-state index in [0.29, 0.717) is 24.9 Å². The molecule has 5 rings (SSSR count). The second kappa shape index (κ2) is 11.9. The summed E-state index contributed by atoms with van der Waals surface area (Å²) >= 11 is 0. The van der Waals surface area contributed by atoms with Crippen molar-refractivity contribution >= 4 is 23.3 Å². The molecule has 0 bridgehead atoms. The molecular weight excluding hydrogens is 468 g/mol. The molecule has 1 atom stereocenters. The summed E-state index contributed by atoms with van der Waals surface area (Å²) in [5, 5.41) is 10.0. The molecule has 1 unspecified atom stereocenters. The average Bonchev–Trinajstić information content (AvgIpc) is 2.93. The Balaban J connectivity index is 1.27. The number of guanidine groups is 2. The van der Waals surface area contributed by atoms with Crippen LogP contribution in [0.5, 0.6) is 0 Å². The van der Waals surface area contributed by atoms with E-state index < -0.39 is 5.79 Å². The molecule has 2 fully saturated rings. The van der Waals surface area contributed by atoms with E-state index in [1.54, 1.807) is 6.20 Å². The third kappa shape index (κ3) is 7.16. The Hall–Kier alpha value is -3.25. The highest BCUT2D eigenvalue weighted by Gasteiger charge is 2.31. The lowest BCUT2D eigenvalue weighted by atomic mass is 10.2. The first-order valence-corrected chi connectivity index (χ1v) is 13.0. The topological polar surface area (TPSA) is 119 Å². The minimum atomic E-state index is -0.979. The Morgan fingerprint density at radius 3 is 2.54 bits per heavy atom. The second-order valence-corrected chi connectivity index (χ2v) is 9.79. The molecule has 3 aliphatic rings. The molecule has 0 aliphatic carbocycles. The van der Waals surface area contributed by atoms with E-state index in [9.17, 15) is 0 Å². The van der Waals surface area contributed by atoms with Crippen molar-refractivity contribution in [3.05, 3.63) is 54.4 Å². The molecule has 0 saturated carbocycles. The first-order chi connectivity index (χ1) is 18.0. The van der Waals surface area contributed by atoms with Crippen molar-refractivity contribution in [2.24, 2.45) is 15.7 Å². The lowest BCUT2D eigenvalue weighted by Crippen LogP contribution is -2.62. The molecule has 2 saturated heterocycles. The van der Waals surface area contributed by atoms with Gasteiger partial charge in [0.25, 0.3) is 0 Å². The number of ether oxygens (including phenoxy) is 1. The molecule has 2 aromatic rings. The zero-order valence-corrected chi connectivity index (χ0v) is 21.6. The van der Waals surface area contributed by atoms with Crippen LogP contribution in [0.3, 0.4) is 0 Å². The van der Waals surface area contributed by atoms with Crippen LogP contribution in [0, 0.1) is 0 Å². The highest BCUT2D eigenvalue weighted by molar-refractivity contribution is 6.04. The Bertz CT molecular complexity index is 1060. The number of hydrogen-bond acceptors (Lipinski definition) is 11. The minimum Gasteiger partial charge on any atom is -0.378 e. The average molecular weight is 507 g/mol. The summed E-state index contributed by atoms with van der Waals surface area (Å²) in [7, 11) is 2.16. The van der Waals surface area contributed by atoms with Gasteiger partial charge < -0.3 is 35.4 Å². The molecule has 37 heavy (non-hydrogen) atoms. The molecule has 11 nitrogen and oxygen atoms in total. The lowest BCUT2D eigenvalue weighted by molar-refractivity contribution is 0.122. The smallest absolute Gasteiger partial charge is 0.229 e. The summed E-state index contributed by atoms with van der Waals surface area (Å²) in [6.07, 6.45) is 2.44. The van der Waals surface area contributed by atoms with Crippen molar-refractivity contribution in [1.29, 1.82) is 0 Å². The fourth-order valence-corrected chi connectivity index (χ4v) is 4.62. The van der Waals surface area contributed by atoms with Gasteiger partial charge in [-0.2, -0.15) is 4.99 Å². The Morgan fingerprint density at radius 1 is 1.03 bits per heavy atom. The molecule has 5 N–H and O–H groups in total. The number of piperazine rings is 1. The van der Waals surface area contributed by atoms with Gasteiger partial charge in [-0.1, -0.05) is 6.07 Å². The number of morpholine rings is 1. The highest BCUT2D eigenvalue weighted by Crippen LogP contribution is 2.20. The van der Waals surface area contributed by atoms with Crippen LogP contribution in [-0.4, -0.2) is 98.6 Å². The third-order valence-electron chi connectivity index (χ3n) is 6.93. The number of rotatable bonds is 7. The number of anilines is 2. The standard InChI is InChI=1S/C26H38N10O/c1-34-12-14-35(15-13-34)11-9-26(27)32-24(29-20-22-4-2-3-10-28-22)31-25(33-26)30-21-5-7-23(8-6-21)36-16-18-37-19-17-36/h2-8,10H,9,11-20,27H2,1H3,(H3,29,30,31,32,33). The quantitative estimate of drug-likeness (QED) is 0.430. The van der Waals surface area contributed by atoms with Gasteiger partial charge in [0.15, 0.2) is 5.79 Å². The largest absolute Gasteiger partial charge is 0.378 e. The summed E-state index contributed by atoms with van der Waals surface area (Å²) < 4.78 is 5.47. The molecule has 3 aliphatic heterocycles. The number of nitrogens with zero attached hydrogens (tertiary/aromatic N) is 6. The van der Waals surface area contributed by atoms with Crippen LogP contribution in [0.2, 0.25) is 0 Å². The molecule has 198 valence electrons. The fourth-order valence-electron chi connectivity index (χ4n) is 4.62. The molecule has 4 heterocycles. The van der Waals surface area contributed by atoms with Crippen LogP contribution in [0.4, 0.5) is 11.4 Å². The predicted molar refractivity (Wildman–Crippen MR) is 148 cm³/mol. The predicted octanol–water partition coefficient (Wildman–Crippen LogP) is 0.685. The fraction of sp³-hybridized carbons (Fsp3) is 0.500. The molecule has 1 aromatic heterocycles. The van der Waals surface area contributed by atoms with E-state index in [4.69, 9.17) is 15.5 Å². The van der Waals surface area contributed by atoms with Crippen molar-refractivity contribution in [3.8, 4) is 0 Å². The SMILES string of the molecule is CN1CCN(CCC2(N)N=C(Nc3ccc(N4CCOCC4)cc3)N=C(NCc3ccccn3)N2)CC1. The van der Waals surface area contributed by atoms with Crippen LogP contribution >= 0.6 is 0 Å². The van der Waals surface area contributed by atoms with Gasteiger partial charge in [0.05, 0.1) is 25.5 Å². The number of benzene rings is 1. The Labute approximate surface area is 218 Å². The molecule has 0 radical (unpaired) electrons. The van der Waals surface area contributed by atoms with Crippen LogP contribution in [0.15, 0.2) is 58.6 Å². The minimum absolute atomic E-state index is 0.474. The summed E-state index contributed by atoms with van der Waals surface area (Å²) in [6, 6.07) is 14.2. The van der Waals surface area contributed by atoms with Crippen molar-refractivity contribution in [3.63, 3.8) is 0 Å². The van der Waals surface area contributed by atoms with Crippen molar-refractivity contribution < 1.29 is 4.74 Å². The first-order valence-electron chi connectivity index (χ1n) is 13.0. The highest BCUT2D eigenvalue weighted by atomic mass is 16.5. The van der Waals surface area contributed by atoms with E-state index in [0.717, 1.165) is 70.4 Å². The van der Waals surface area contributed by atoms with E-state index in [-0.39, 0.29) is 0 Å². The van der Waals surface area contributed by atoms with E-state index in [1.165, 1.54) is 5.69 Å². The van der Waals surface area contributed by atoms with Crippen LogP contribution in [0.25, 0.3) is 0 Å². The maximum Gasteiger partial charge on any atom is 0.229 e.